The highest BCUT2D eigenvalue weighted by molar-refractivity contribution is 6.17. The van der Waals surface area contributed by atoms with Crippen LogP contribution in [0.1, 0.15) is 5.82 Å². The molecule has 0 saturated heterocycles. The van der Waals surface area contributed by atoms with Gasteiger partial charge in [0, 0.05) is 20.3 Å². The monoisotopic (exact) mass is 286 g/mol. The van der Waals surface area contributed by atoms with Crippen molar-refractivity contribution in [2.24, 2.45) is 0 Å². The van der Waals surface area contributed by atoms with Crippen LogP contribution in [-0.4, -0.2) is 28.6 Å². The van der Waals surface area contributed by atoms with Gasteiger partial charge in [0.25, 0.3) is 0 Å². The largest absolute Gasteiger partial charge is 0.376 e. The Labute approximate surface area is 122 Å². The molecular weight excluding hydrogens is 272 g/mol. The fourth-order valence-electron chi connectivity index (χ4n) is 2.33. The van der Waals surface area contributed by atoms with Gasteiger partial charge in [-0.1, -0.05) is 12.1 Å². The van der Waals surface area contributed by atoms with Crippen LogP contribution >= 0.6 is 11.6 Å². The number of hydrogen-bond donors (Lipinski definition) is 0. The summed E-state index contributed by atoms with van der Waals surface area (Å²) in [6.45, 7) is 0. The maximum atomic E-state index is 6.06. The predicted molar refractivity (Wildman–Crippen MR) is 82.7 cm³/mol. The number of fused-ring (bicyclic) bond motifs is 1. The Hall–Kier alpha value is -2.07. The second-order valence-corrected chi connectivity index (χ2v) is 4.99. The normalized spacial score (nSPS) is 10.9. The lowest BCUT2D eigenvalue weighted by Gasteiger charge is -2.18. The van der Waals surface area contributed by atoms with Crippen molar-refractivity contribution in [1.29, 1.82) is 0 Å². The number of benzene rings is 1. The molecular formula is C15H15ClN4. The second kappa shape index (κ2) is 5.13. The summed E-state index contributed by atoms with van der Waals surface area (Å²) in [6, 6.07) is 12.0. The van der Waals surface area contributed by atoms with Crippen LogP contribution in [0.2, 0.25) is 0 Å². The molecule has 4 nitrogen and oxygen atoms in total. The molecule has 3 rings (SSSR count). The molecule has 0 aliphatic rings. The molecule has 5 heteroatoms. The summed E-state index contributed by atoms with van der Waals surface area (Å²) >= 11 is 6.06. The first-order valence-electron chi connectivity index (χ1n) is 6.37. The molecule has 0 aliphatic carbocycles. The van der Waals surface area contributed by atoms with E-state index >= 15 is 0 Å². The SMILES string of the molecule is CN(C)c1ccccc1-n1c(CCl)nc2cccnc21. The van der Waals surface area contributed by atoms with Gasteiger partial charge in [0.2, 0.25) is 0 Å². The minimum absolute atomic E-state index is 0.345. The predicted octanol–water partition coefficient (Wildman–Crippen LogP) is 3.23. The van der Waals surface area contributed by atoms with E-state index in [4.69, 9.17) is 11.6 Å². The zero-order valence-corrected chi connectivity index (χ0v) is 12.2. The van der Waals surface area contributed by atoms with Crippen LogP contribution in [-0.2, 0) is 5.88 Å². The third kappa shape index (κ3) is 2.02. The van der Waals surface area contributed by atoms with E-state index in [1.807, 2.05) is 42.9 Å². The van der Waals surface area contributed by atoms with E-state index in [1.54, 1.807) is 6.20 Å². The zero-order chi connectivity index (χ0) is 14.1. The van der Waals surface area contributed by atoms with E-state index in [0.717, 1.165) is 28.4 Å². The van der Waals surface area contributed by atoms with Crippen LogP contribution in [0.5, 0.6) is 0 Å². The summed E-state index contributed by atoms with van der Waals surface area (Å²) in [7, 11) is 4.04. The van der Waals surface area contributed by atoms with E-state index in [-0.39, 0.29) is 0 Å². The number of anilines is 1. The average molecular weight is 287 g/mol. The van der Waals surface area contributed by atoms with Crippen molar-refractivity contribution in [3.05, 3.63) is 48.4 Å². The highest BCUT2D eigenvalue weighted by Crippen LogP contribution is 2.27. The minimum atomic E-state index is 0.345. The number of hydrogen-bond acceptors (Lipinski definition) is 3. The van der Waals surface area contributed by atoms with Crippen LogP contribution in [0, 0.1) is 0 Å². The lowest BCUT2D eigenvalue weighted by Crippen LogP contribution is -2.13. The van der Waals surface area contributed by atoms with Gasteiger partial charge < -0.3 is 4.90 Å². The molecule has 102 valence electrons. The highest BCUT2D eigenvalue weighted by Gasteiger charge is 2.15. The Morgan fingerprint density at radius 1 is 1.15 bits per heavy atom. The molecule has 0 amide bonds. The van der Waals surface area contributed by atoms with Crippen LogP contribution < -0.4 is 4.90 Å². The van der Waals surface area contributed by atoms with Gasteiger partial charge in [-0.2, -0.15) is 0 Å². The van der Waals surface area contributed by atoms with Crippen molar-refractivity contribution in [2.45, 2.75) is 5.88 Å². The summed E-state index contributed by atoms with van der Waals surface area (Å²) < 4.78 is 2.03. The van der Waals surface area contributed by atoms with Crippen molar-refractivity contribution >= 4 is 28.5 Å². The Kier molecular flexibility index (Phi) is 3.32. The third-order valence-electron chi connectivity index (χ3n) is 3.21. The van der Waals surface area contributed by atoms with E-state index in [2.05, 4.69) is 27.0 Å². The summed E-state index contributed by atoms with van der Waals surface area (Å²) in [6.07, 6.45) is 1.77. The Bertz CT molecular complexity index is 748. The standard InChI is InChI=1S/C15H15ClN4/c1-19(2)12-7-3-4-8-13(12)20-14(10-16)18-11-6-5-9-17-15(11)20/h3-9H,10H2,1-2H3. The fraction of sp³-hybridized carbons (Fsp3) is 0.200. The Morgan fingerprint density at radius 3 is 2.70 bits per heavy atom. The Morgan fingerprint density at radius 2 is 1.95 bits per heavy atom. The van der Waals surface area contributed by atoms with Crippen molar-refractivity contribution < 1.29 is 0 Å². The first-order chi connectivity index (χ1) is 9.72. The van der Waals surface area contributed by atoms with Crippen LogP contribution in [0.4, 0.5) is 5.69 Å². The molecule has 0 N–H and O–H groups in total. The van der Waals surface area contributed by atoms with Gasteiger partial charge in [0.1, 0.15) is 11.3 Å². The number of halogens is 1. The summed E-state index contributed by atoms with van der Waals surface area (Å²) in [5, 5.41) is 0. The van der Waals surface area contributed by atoms with E-state index in [0.29, 0.717) is 5.88 Å². The van der Waals surface area contributed by atoms with Gasteiger partial charge >= 0.3 is 0 Å². The van der Waals surface area contributed by atoms with Gasteiger partial charge in [-0.25, -0.2) is 9.97 Å². The molecule has 0 bridgehead atoms. The van der Waals surface area contributed by atoms with E-state index in [1.165, 1.54) is 0 Å². The molecule has 1 aromatic carbocycles. The number of para-hydroxylation sites is 2. The number of imidazole rings is 1. The van der Waals surface area contributed by atoms with Crippen molar-refractivity contribution in [2.75, 3.05) is 19.0 Å². The quantitative estimate of drug-likeness (QED) is 0.693. The van der Waals surface area contributed by atoms with Gasteiger partial charge in [-0.05, 0) is 24.3 Å². The number of alkyl halides is 1. The zero-order valence-electron chi connectivity index (χ0n) is 11.4. The lowest BCUT2D eigenvalue weighted by molar-refractivity contribution is 0.958. The Balaban J connectivity index is 2.34. The molecule has 2 heterocycles. The lowest BCUT2D eigenvalue weighted by atomic mass is 10.2. The third-order valence-corrected chi connectivity index (χ3v) is 3.45. The topological polar surface area (TPSA) is 34.0 Å². The summed E-state index contributed by atoms with van der Waals surface area (Å²) in [4.78, 5) is 11.1. The molecule has 20 heavy (non-hydrogen) atoms. The van der Waals surface area contributed by atoms with E-state index < -0.39 is 0 Å². The van der Waals surface area contributed by atoms with Gasteiger partial charge in [0.15, 0.2) is 5.65 Å². The van der Waals surface area contributed by atoms with Crippen molar-refractivity contribution in [3.8, 4) is 5.69 Å². The molecule has 3 aromatic rings. The summed E-state index contributed by atoms with van der Waals surface area (Å²) in [5.41, 5.74) is 3.83. The van der Waals surface area contributed by atoms with Crippen molar-refractivity contribution in [1.82, 2.24) is 14.5 Å². The molecule has 0 radical (unpaired) electrons. The summed E-state index contributed by atoms with van der Waals surface area (Å²) in [5.74, 6) is 1.15. The van der Waals surface area contributed by atoms with Crippen LogP contribution in [0.25, 0.3) is 16.9 Å². The molecule has 0 fully saturated rings. The fourth-order valence-corrected chi connectivity index (χ4v) is 2.51. The molecule has 0 aliphatic heterocycles. The van der Waals surface area contributed by atoms with Gasteiger partial charge in [-0.3, -0.25) is 4.57 Å². The van der Waals surface area contributed by atoms with Gasteiger partial charge in [-0.15, -0.1) is 11.6 Å². The van der Waals surface area contributed by atoms with E-state index in [9.17, 15) is 0 Å². The number of nitrogens with zero attached hydrogens (tertiary/aromatic N) is 4. The first-order valence-corrected chi connectivity index (χ1v) is 6.91. The molecule has 0 unspecified atom stereocenters. The molecule has 0 atom stereocenters. The second-order valence-electron chi connectivity index (χ2n) is 4.73. The average Bonchev–Trinajstić information content (AvgIpc) is 2.85. The first kappa shape index (κ1) is 12.9. The number of pyridine rings is 1. The van der Waals surface area contributed by atoms with Crippen LogP contribution in [0.15, 0.2) is 42.6 Å². The number of aromatic nitrogens is 3. The number of rotatable bonds is 3. The maximum Gasteiger partial charge on any atom is 0.164 e. The van der Waals surface area contributed by atoms with Crippen LogP contribution in [0.3, 0.4) is 0 Å². The smallest absolute Gasteiger partial charge is 0.164 e. The van der Waals surface area contributed by atoms with Crippen molar-refractivity contribution in [3.63, 3.8) is 0 Å². The molecule has 0 spiro atoms. The highest BCUT2D eigenvalue weighted by atomic mass is 35.5. The molecule has 0 saturated carbocycles. The minimum Gasteiger partial charge on any atom is -0.376 e. The van der Waals surface area contributed by atoms with Gasteiger partial charge in [0.05, 0.1) is 17.3 Å². The molecule has 2 aromatic heterocycles. The maximum absolute atomic E-state index is 6.06.